The van der Waals surface area contributed by atoms with Gasteiger partial charge >= 0.3 is 5.97 Å². The Morgan fingerprint density at radius 2 is 1.70 bits per heavy atom. The minimum atomic E-state index is -1.78. The van der Waals surface area contributed by atoms with Crippen LogP contribution in [0.15, 0.2) is 0 Å². The third kappa shape index (κ3) is 7.80. The molecule has 11 heteroatoms. The first-order valence-electron chi connectivity index (χ1n) is 14.6. The van der Waals surface area contributed by atoms with E-state index in [1.807, 2.05) is 25.8 Å². The van der Waals surface area contributed by atoms with E-state index in [1.165, 1.54) is 13.8 Å². The molecule has 2 heterocycles. The number of aliphatic hydroxyl groups excluding tert-OH is 2. The first-order valence-corrected chi connectivity index (χ1v) is 14.6. The van der Waals surface area contributed by atoms with Crippen molar-refractivity contribution in [3.05, 3.63) is 0 Å². The van der Waals surface area contributed by atoms with Crippen molar-refractivity contribution in [2.45, 2.75) is 135 Å². The summed E-state index contributed by atoms with van der Waals surface area (Å²) in [5.41, 5.74) is -3.33. The third-order valence-corrected chi connectivity index (χ3v) is 8.98. The summed E-state index contributed by atoms with van der Waals surface area (Å²) < 4.78 is 17.8. The summed E-state index contributed by atoms with van der Waals surface area (Å²) in [5.74, 6) is -3.68. The van der Waals surface area contributed by atoms with Gasteiger partial charge in [0.05, 0.1) is 17.8 Å². The molecule has 2 aliphatic rings. The van der Waals surface area contributed by atoms with Gasteiger partial charge in [0.2, 0.25) is 0 Å². The molecule has 1 unspecified atom stereocenters. The quantitative estimate of drug-likeness (QED) is 0.239. The van der Waals surface area contributed by atoms with Gasteiger partial charge in [-0.25, -0.2) is 0 Å². The average molecular weight is 575 g/mol. The molecule has 13 atom stereocenters. The normalized spacial score (nSPS) is 47.3. The summed E-state index contributed by atoms with van der Waals surface area (Å²) >= 11 is 0. The number of rotatable bonds is 4. The Bertz CT molecular complexity index is 853. The second kappa shape index (κ2) is 13.9. The molecule has 0 saturated carbocycles. The van der Waals surface area contributed by atoms with Gasteiger partial charge in [0.1, 0.15) is 29.8 Å². The molecular formula is C29H54N2O9. The number of nitrogens with one attached hydrogen (secondary N) is 1. The summed E-state index contributed by atoms with van der Waals surface area (Å²) in [6, 6.07) is -0.823. The maximum Gasteiger partial charge on any atom is 0.316 e. The smallest absolute Gasteiger partial charge is 0.316 e. The summed E-state index contributed by atoms with van der Waals surface area (Å²) in [5, 5.41) is 48.3. The fraction of sp³-hybridized carbons (Fsp3) is 0.931. The second-order valence-corrected chi connectivity index (χ2v) is 12.8. The Morgan fingerprint density at radius 3 is 2.25 bits per heavy atom. The fourth-order valence-electron chi connectivity index (χ4n) is 6.38. The van der Waals surface area contributed by atoms with E-state index in [9.17, 15) is 30.0 Å². The number of cyclic esters (lactones) is 1. The van der Waals surface area contributed by atoms with E-state index < -0.39 is 71.5 Å². The zero-order valence-electron chi connectivity index (χ0n) is 26.0. The van der Waals surface area contributed by atoms with E-state index in [2.05, 4.69) is 5.32 Å². The molecule has 0 aromatic carbocycles. The molecule has 0 aromatic rings. The number of carbonyl (C=O) groups is 2. The van der Waals surface area contributed by atoms with Crippen molar-refractivity contribution in [3.8, 4) is 0 Å². The number of esters is 1. The molecular weight excluding hydrogens is 520 g/mol. The van der Waals surface area contributed by atoms with Gasteiger partial charge in [-0.1, -0.05) is 20.8 Å². The highest BCUT2D eigenvalue weighted by Gasteiger charge is 2.49. The Labute approximate surface area is 239 Å². The SMILES string of the molecule is CC[C@H]1OC(=O)[C@H](C)C(=O)[C@H](C)[C@@H](O[C@@H]2O[C@H](C)C[C@H](NC)[C@H]2O)[C@](C)(O)C[C@@H](C)CN(C)[C@H](C)C(O)[C@]1(C)O. The van der Waals surface area contributed by atoms with E-state index in [0.717, 1.165) is 0 Å². The average Bonchev–Trinajstić information content (AvgIpc) is 2.88. The molecule has 5 N–H and O–H groups in total. The fourth-order valence-corrected chi connectivity index (χ4v) is 6.38. The number of carbonyl (C=O) groups excluding carboxylic acids is 2. The van der Waals surface area contributed by atoms with E-state index in [1.54, 1.807) is 34.7 Å². The van der Waals surface area contributed by atoms with Crippen LogP contribution < -0.4 is 5.32 Å². The number of hydrogen-bond donors (Lipinski definition) is 5. The van der Waals surface area contributed by atoms with Crippen LogP contribution in [0, 0.1) is 17.8 Å². The van der Waals surface area contributed by atoms with Gasteiger partial charge < -0.3 is 44.9 Å². The number of hydrogen-bond acceptors (Lipinski definition) is 11. The molecule has 0 bridgehead atoms. The Morgan fingerprint density at radius 1 is 1.10 bits per heavy atom. The lowest BCUT2D eigenvalue weighted by Crippen LogP contribution is -2.59. The highest BCUT2D eigenvalue weighted by atomic mass is 16.7. The molecule has 0 radical (unpaired) electrons. The van der Waals surface area contributed by atoms with Crippen LogP contribution in [0.25, 0.3) is 0 Å². The van der Waals surface area contributed by atoms with Gasteiger partial charge in [-0.2, -0.15) is 0 Å². The lowest BCUT2D eigenvalue weighted by Gasteiger charge is -2.44. The first kappa shape index (κ1) is 35.0. The van der Waals surface area contributed by atoms with Crippen molar-refractivity contribution in [2.75, 3.05) is 20.6 Å². The van der Waals surface area contributed by atoms with Gasteiger partial charge in [-0.05, 0) is 73.9 Å². The van der Waals surface area contributed by atoms with Crippen LogP contribution in [0.2, 0.25) is 0 Å². The number of nitrogens with zero attached hydrogens (tertiary/aromatic N) is 1. The van der Waals surface area contributed by atoms with E-state index in [4.69, 9.17) is 14.2 Å². The van der Waals surface area contributed by atoms with Gasteiger partial charge in [-0.15, -0.1) is 0 Å². The largest absolute Gasteiger partial charge is 0.459 e. The highest BCUT2D eigenvalue weighted by Crippen LogP contribution is 2.35. The number of ketones is 1. The molecule has 2 fully saturated rings. The molecule has 234 valence electrons. The Kier molecular flexibility index (Phi) is 12.1. The van der Waals surface area contributed by atoms with Crippen molar-refractivity contribution >= 4 is 11.8 Å². The minimum absolute atomic E-state index is 0.128. The standard InChI is InChI=1S/C29H54N2O9/c1-11-21-29(8,37)24(34)19(6)31(10)14-15(2)13-28(7,36)25(17(4)22(32)18(5)26(35)39-21)40-27-23(33)20(30-9)12-16(3)38-27/h15-21,23-25,27,30,33-34,36-37H,11-14H2,1-10H3/t15-,16-,17+,18-,19-,20+,21-,23-,24?,25-,27+,28-,29-/m1/s1. The van der Waals surface area contributed by atoms with Crippen LogP contribution in [0.3, 0.4) is 0 Å². The second-order valence-electron chi connectivity index (χ2n) is 12.8. The minimum Gasteiger partial charge on any atom is -0.459 e. The van der Waals surface area contributed by atoms with Crippen LogP contribution in [0.1, 0.15) is 74.7 Å². The molecule has 2 rings (SSSR count). The van der Waals surface area contributed by atoms with Crippen molar-refractivity contribution < 1.29 is 44.2 Å². The lowest BCUT2D eigenvalue weighted by atomic mass is 9.78. The van der Waals surface area contributed by atoms with Crippen LogP contribution in [-0.4, -0.2) is 118 Å². The van der Waals surface area contributed by atoms with Crippen molar-refractivity contribution in [2.24, 2.45) is 17.8 Å². The number of Topliss-reactive ketones (excluding diaryl/α,β-unsaturated/α-hetero) is 1. The molecule has 0 spiro atoms. The molecule has 11 nitrogen and oxygen atoms in total. The summed E-state index contributed by atoms with van der Waals surface area (Å²) in [6.07, 6.45) is -4.83. The van der Waals surface area contributed by atoms with Crippen LogP contribution in [-0.2, 0) is 23.8 Å². The maximum absolute atomic E-state index is 13.7. The van der Waals surface area contributed by atoms with Crippen LogP contribution in [0.5, 0.6) is 0 Å². The van der Waals surface area contributed by atoms with Crippen LogP contribution in [0.4, 0.5) is 0 Å². The Balaban J connectivity index is 2.52. The van der Waals surface area contributed by atoms with Crippen molar-refractivity contribution in [1.29, 1.82) is 0 Å². The molecule has 0 aliphatic carbocycles. The predicted octanol–water partition coefficient (Wildman–Crippen LogP) is 0.842. The molecule has 2 aliphatic heterocycles. The van der Waals surface area contributed by atoms with Crippen molar-refractivity contribution in [3.63, 3.8) is 0 Å². The van der Waals surface area contributed by atoms with Gasteiger partial charge in [0, 0.05) is 24.5 Å². The zero-order valence-corrected chi connectivity index (χ0v) is 26.0. The van der Waals surface area contributed by atoms with E-state index >= 15 is 0 Å². The van der Waals surface area contributed by atoms with Crippen molar-refractivity contribution in [1.82, 2.24) is 10.2 Å². The first-order chi connectivity index (χ1) is 18.4. The van der Waals surface area contributed by atoms with Gasteiger partial charge in [0.25, 0.3) is 0 Å². The molecule has 40 heavy (non-hydrogen) atoms. The number of aliphatic hydroxyl groups is 4. The molecule has 2 saturated heterocycles. The zero-order chi connectivity index (χ0) is 30.7. The molecule has 0 amide bonds. The topological polar surface area (TPSA) is 158 Å². The maximum atomic E-state index is 13.7. The van der Waals surface area contributed by atoms with Gasteiger partial charge in [-0.3, -0.25) is 9.59 Å². The highest BCUT2D eigenvalue weighted by molar-refractivity contribution is 6.00. The van der Waals surface area contributed by atoms with Gasteiger partial charge in [0.15, 0.2) is 12.1 Å². The lowest BCUT2D eigenvalue weighted by molar-refractivity contribution is -0.287. The number of likely N-dealkylation sites (N-methyl/N-ethyl adjacent to an activating group) is 2. The molecule has 0 aromatic heterocycles. The summed E-state index contributed by atoms with van der Waals surface area (Å²) in [6.45, 7) is 13.8. The predicted molar refractivity (Wildman–Crippen MR) is 149 cm³/mol. The Hall–Kier alpha value is -1.18. The van der Waals surface area contributed by atoms with E-state index in [0.29, 0.717) is 13.0 Å². The summed E-state index contributed by atoms with van der Waals surface area (Å²) in [7, 11) is 3.55. The third-order valence-electron chi connectivity index (χ3n) is 8.98. The summed E-state index contributed by atoms with van der Waals surface area (Å²) in [4.78, 5) is 28.7. The van der Waals surface area contributed by atoms with Crippen LogP contribution >= 0.6 is 0 Å². The monoisotopic (exact) mass is 574 g/mol. The van der Waals surface area contributed by atoms with E-state index in [-0.39, 0.29) is 30.9 Å². The number of ether oxygens (including phenoxy) is 3.